The van der Waals surface area contributed by atoms with Crippen molar-refractivity contribution in [2.75, 3.05) is 7.05 Å². The molecule has 26 heavy (non-hydrogen) atoms. The number of hydrogen-bond acceptors (Lipinski definition) is 5. The van der Waals surface area contributed by atoms with Crippen LogP contribution in [0.4, 0.5) is 0 Å². The average Bonchev–Trinajstić information content (AvgIpc) is 3.10. The molecule has 0 unspecified atom stereocenters. The highest BCUT2D eigenvalue weighted by molar-refractivity contribution is 6.06. The summed E-state index contributed by atoms with van der Waals surface area (Å²) in [4.78, 5) is 45.0. The molecule has 0 atom stereocenters. The lowest BCUT2D eigenvalue weighted by molar-refractivity contribution is 0.0814. The number of aromatic amines is 1. The number of nitrogens with one attached hydrogen (secondary N) is 2. The van der Waals surface area contributed by atoms with Gasteiger partial charge in [-0.3, -0.25) is 14.4 Å². The summed E-state index contributed by atoms with van der Waals surface area (Å²) in [6.45, 7) is 2.34. The van der Waals surface area contributed by atoms with Crippen molar-refractivity contribution in [1.29, 1.82) is 0 Å². The van der Waals surface area contributed by atoms with Crippen LogP contribution in [0.5, 0.6) is 0 Å². The van der Waals surface area contributed by atoms with Gasteiger partial charge in [-0.1, -0.05) is 18.2 Å². The van der Waals surface area contributed by atoms with Gasteiger partial charge in [0.15, 0.2) is 0 Å². The highest BCUT2D eigenvalue weighted by atomic mass is 16.3. The van der Waals surface area contributed by atoms with Crippen LogP contribution in [0.2, 0.25) is 0 Å². The van der Waals surface area contributed by atoms with E-state index in [4.69, 9.17) is 4.42 Å². The molecule has 2 N–H and O–H groups in total. The van der Waals surface area contributed by atoms with Gasteiger partial charge in [0.05, 0.1) is 11.9 Å². The van der Waals surface area contributed by atoms with Crippen LogP contribution in [0.1, 0.15) is 37.6 Å². The third-order valence-corrected chi connectivity index (χ3v) is 4.54. The smallest absolute Gasteiger partial charge is 0.262 e. The van der Waals surface area contributed by atoms with E-state index in [0.717, 1.165) is 11.1 Å². The van der Waals surface area contributed by atoms with E-state index in [1.165, 1.54) is 6.33 Å². The van der Waals surface area contributed by atoms with Gasteiger partial charge in [-0.05, 0) is 18.1 Å². The maximum Gasteiger partial charge on any atom is 0.262 e. The third-order valence-electron chi connectivity index (χ3n) is 4.54. The Labute approximate surface area is 147 Å². The summed E-state index contributed by atoms with van der Waals surface area (Å²) in [5.41, 5.74) is 2.15. The number of hydrogen-bond donors (Lipinski definition) is 2. The van der Waals surface area contributed by atoms with Crippen molar-refractivity contribution in [3.63, 3.8) is 0 Å². The van der Waals surface area contributed by atoms with E-state index in [-0.39, 0.29) is 29.1 Å². The van der Waals surface area contributed by atoms with Crippen LogP contribution >= 0.6 is 0 Å². The first kappa shape index (κ1) is 16.1. The number of nitrogens with zero attached hydrogens (tertiary/aromatic N) is 2. The number of carbonyl (C=O) groups excluding carboxylic acids is 2. The Bertz CT molecular complexity index is 1110. The molecule has 1 aliphatic rings. The van der Waals surface area contributed by atoms with Gasteiger partial charge in [-0.25, -0.2) is 4.98 Å². The zero-order valence-electron chi connectivity index (χ0n) is 14.3. The van der Waals surface area contributed by atoms with Gasteiger partial charge in [0.25, 0.3) is 17.4 Å². The van der Waals surface area contributed by atoms with E-state index >= 15 is 0 Å². The first-order chi connectivity index (χ1) is 12.5. The molecular formula is C18H16N4O4. The molecule has 3 aromatic rings. The lowest BCUT2D eigenvalue weighted by Crippen LogP contribution is -2.26. The number of carbonyl (C=O) groups is 2. The van der Waals surface area contributed by atoms with E-state index in [0.29, 0.717) is 17.9 Å². The molecule has 0 saturated carbocycles. The highest BCUT2D eigenvalue weighted by Crippen LogP contribution is 2.25. The topological polar surface area (TPSA) is 108 Å². The van der Waals surface area contributed by atoms with E-state index in [1.54, 1.807) is 18.9 Å². The maximum atomic E-state index is 12.7. The van der Waals surface area contributed by atoms with E-state index < -0.39 is 11.5 Å². The largest absolute Gasteiger partial charge is 0.442 e. The lowest BCUT2D eigenvalue weighted by Gasteiger charge is -2.09. The molecule has 8 nitrogen and oxygen atoms in total. The number of rotatable bonds is 3. The Hall–Kier alpha value is -3.42. The quantitative estimate of drug-likeness (QED) is 0.739. The van der Waals surface area contributed by atoms with E-state index in [9.17, 15) is 14.4 Å². The zero-order chi connectivity index (χ0) is 18.4. The molecule has 1 aromatic carbocycles. The number of aryl methyl sites for hydroxylation is 1. The van der Waals surface area contributed by atoms with Crippen molar-refractivity contribution < 1.29 is 14.0 Å². The Kier molecular flexibility index (Phi) is 3.61. The molecule has 0 fully saturated rings. The molecule has 0 radical (unpaired) electrons. The minimum Gasteiger partial charge on any atom is -0.442 e. The van der Waals surface area contributed by atoms with Gasteiger partial charge in [-0.2, -0.15) is 0 Å². The first-order valence-electron chi connectivity index (χ1n) is 8.08. The SMILES string of the molecule is Cc1oc2nc[nH]c(=O)c2c1C(=O)NCc1cccc2c1C(=O)N(C)C2. The summed E-state index contributed by atoms with van der Waals surface area (Å²) >= 11 is 0. The Balaban J connectivity index is 1.64. The van der Waals surface area contributed by atoms with Gasteiger partial charge in [0.2, 0.25) is 5.71 Å². The molecule has 8 heteroatoms. The van der Waals surface area contributed by atoms with Crippen LogP contribution in [-0.2, 0) is 13.1 Å². The maximum absolute atomic E-state index is 12.7. The predicted octanol–water partition coefficient (Wildman–Crippen LogP) is 1.34. The van der Waals surface area contributed by atoms with Crippen LogP contribution < -0.4 is 10.9 Å². The standard InChI is InChI=1S/C18H16N4O4/c1-9-12(14-16(24)20-8-21-17(14)26-9)15(23)19-6-10-4-3-5-11-7-22(2)18(25)13(10)11/h3-5,8H,6-7H2,1-2H3,(H,19,23)(H,20,21,24). The van der Waals surface area contributed by atoms with Crippen LogP contribution in [0.3, 0.4) is 0 Å². The number of amides is 2. The summed E-state index contributed by atoms with van der Waals surface area (Å²) in [5.74, 6) is -0.192. The normalized spacial score (nSPS) is 13.3. The minimum atomic E-state index is -0.448. The average molecular weight is 352 g/mol. The summed E-state index contributed by atoms with van der Waals surface area (Å²) in [7, 11) is 1.74. The summed E-state index contributed by atoms with van der Waals surface area (Å²) < 4.78 is 5.41. The van der Waals surface area contributed by atoms with E-state index in [2.05, 4.69) is 15.3 Å². The molecular weight excluding hydrogens is 336 g/mol. The Morgan fingerprint density at radius 3 is 3.00 bits per heavy atom. The summed E-state index contributed by atoms with van der Waals surface area (Å²) in [5, 5.41) is 2.90. The van der Waals surface area contributed by atoms with Gasteiger partial charge < -0.3 is 19.6 Å². The minimum absolute atomic E-state index is 0.0598. The van der Waals surface area contributed by atoms with Crippen molar-refractivity contribution in [2.45, 2.75) is 20.0 Å². The molecule has 3 heterocycles. The highest BCUT2D eigenvalue weighted by Gasteiger charge is 2.27. The Morgan fingerprint density at radius 2 is 2.19 bits per heavy atom. The second-order valence-electron chi connectivity index (χ2n) is 6.24. The fourth-order valence-corrected chi connectivity index (χ4v) is 3.32. The summed E-state index contributed by atoms with van der Waals surface area (Å²) in [6.07, 6.45) is 1.23. The molecule has 0 bridgehead atoms. The lowest BCUT2D eigenvalue weighted by atomic mass is 10.0. The number of benzene rings is 1. The number of furan rings is 1. The van der Waals surface area contributed by atoms with Crippen molar-refractivity contribution >= 4 is 22.9 Å². The van der Waals surface area contributed by atoms with Crippen molar-refractivity contribution in [3.05, 3.63) is 62.9 Å². The van der Waals surface area contributed by atoms with Crippen LogP contribution in [-0.4, -0.2) is 33.7 Å². The fourth-order valence-electron chi connectivity index (χ4n) is 3.32. The molecule has 2 aromatic heterocycles. The van der Waals surface area contributed by atoms with Gasteiger partial charge in [0.1, 0.15) is 11.1 Å². The molecule has 1 aliphatic heterocycles. The number of H-pyrrole nitrogens is 1. The molecule has 132 valence electrons. The van der Waals surface area contributed by atoms with Crippen molar-refractivity contribution in [3.8, 4) is 0 Å². The first-order valence-corrected chi connectivity index (χ1v) is 8.08. The van der Waals surface area contributed by atoms with Crippen LogP contribution in [0, 0.1) is 6.92 Å². The van der Waals surface area contributed by atoms with E-state index in [1.807, 2.05) is 18.2 Å². The fraction of sp³-hybridized carbons (Fsp3) is 0.222. The molecule has 2 amide bonds. The van der Waals surface area contributed by atoms with Gasteiger partial charge >= 0.3 is 0 Å². The third kappa shape index (κ3) is 2.38. The molecule has 0 aliphatic carbocycles. The van der Waals surface area contributed by atoms with Crippen molar-refractivity contribution in [1.82, 2.24) is 20.2 Å². The van der Waals surface area contributed by atoms with Crippen LogP contribution in [0.15, 0.2) is 33.7 Å². The Morgan fingerprint density at radius 1 is 1.38 bits per heavy atom. The molecule has 0 saturated heterocycles. The van der Waals surface area contributed by atoms with Crippen molar-refractivity contribution in [2.24, 2.45) is 0 Å². The number of fused-ring (bicyclic) bond motifs is 2. The molecule has 0 spiro atoms. The number of aromatic nitrogens is 2. The monoisotopic (exact) mass is 352 g/mol. The molecule has 4 rings (SSSR count). The van der Waals surface area contributed by atoms with Gasteiger partial charge in [-0.15, -0.1) is 0 Å². The zero-order valence-corrected chi connectivity index (χ0v) is 14.3. The predicted molar refractivity (Wildman–Crippen MR) is 92.8 cm³/mol. The second-order valence-corrected chi connectivity index (χ2v) is 6.24. The van der Waals surface area contributed by atoms with Gasteiger partial charge in [0, 0.05) is 25.7 Å². The second kappa shape index (κ2) is 5.83. The van der Waals surface area contributed by atoms with Crippen LogP contribution in [0.25, 0.3) is 11.1 Å². The summed E-state index contributed by atoms with van der Waals surface area (Å²) in [6, 6.07) is 5.58.